The van der Waals surface area contributed by atoms with Gasteiger partial charge < -0.3 is 4.74 Å². The molecule has 0 atom stereocenters. The Morgan fingerprint density at radius 2 is 1.95 bits per heavy atom. The van der Waals surface area contributed by atoms with Crippen LogP contribution >= 0.6 is 11.6 Å². The van der Waals surface area contributed by atoms with Gasteiger partial charge in [0.05, 0.1) is 29.4 Å². The van der Waals surface area contributed by atoms with E-state index >= 15 is 0 Å². The third-order valence-corrected chi connectivity index (χ3v) is 4.76. The molecule has 2 heterocycles. The van der Waals surface area contributed by atoms with E-state index in [-0.39, 0.29) is 0 Å². The number of nitrogens with zero attached hydrogens (tertiary/aromatic N) is 1. The molecule has 0 unspecified atom stereocenters. The Balaban J connectivity index is 2.04. The minimum Gasteiger partial charge on any atom is -0.376 e. The van der Waals surface area contributed by atoms with Crippen molar-refractivity contribution in [1.29, 1.82) is 0 Å². The van der Waals surface area contributed by atoms with E-state index in [0.717, 1.165) is 46.6 Å². The number of aryl methyl sites for hydroxylation is 2. The summed E-state index contributed by atoms with van der Waals surface area (Å²) >= 11 is 6.58. The summed E-state index contributed by atoms with van der Waals surface area (Å²) in [6.07, 6.45) is 5.78. The molecule has 0 spiro atoms. The fourth-order valence-electron chi connectivity index (χ4n) is 3.30. The molecular formula is C16H16ClNO. The molecule has 2 aliphatic rings. The summed E-state index contributed by atoms with van der Waals surface area (Å²) in [6.45, 7) is 1.37. The van der Waals surface area contributed by atoms with Gasteiger partial charge in [0.25, 0.3) is 0 Å². The average molecular weight is 274 g/mol. The van der Waals surface area contributed by atoms with Gasteiger partial charge in [0.15, 0.2) is 0 Å². The fourth-order valence-corrected chi connectivity index (χ4v) is 3.62. The number of aromatic nitrogens is 1. The van der Waals surface area contributed by atoms with Gasteiger partial charge in [0.1, 0.15) is 0 Å². The number of hydrogen-bond donors (Lipinski definition) is 0. The first kappa shape index (κ1) is 11.7. The molecule has 0 saturated carbocycles. The molecule has 1 aliphatic heterocycles. The highest BCUT2D eigenvalue weighted by molar-refractivity contribution is 6.36. The van der Waals surface area contributed by atoms with E-state index in [0.29, 0.717) is 6.61 Å². The lowest BCUT2D eigenvalue weighted by Gasteiger charge is -2.22. The van der Waals surface area contributed by atoms with Crippen molar-refractivity contribution in [2.24, 2.45) is 0 Å². The van der Waals surface area contributed by atoms with Gasteiger partial charge in [-0.15, -0.1) is 0 Å². The lowest BCUT2D eigenvalue weighted by Crippen LogP contribution is -2.14. The van der Waals surface area contributed by atoms with Crippen LogP contribution in [-0.4, -0.2) is 11.6 Å². The number of fused-ring (bicyclic) bond motifs is 4. The highest BCUT2D eigenvalue weighted by Gasteiger charge is 2.21. The van der Waals surface area contributed by atoms with Crippen LogP contribution in [0.5, 0.6) is 0 Å². The molecule has 0 saturated heterocycles. The van der Waals surface area contributed by atoms with Crippen LogP contribution in [-0.2, 0) is 30.6 Å². The summed E-state index contributed by atoms with van der Waals surface area (Å²) < 4.78 is 5.51. The number of rotatable bonds is 0. The maximum atomic E-state index is 6.58. The molecule has 98 valence electrons. The normalized spacial score (nSPS) is 18.2. The molecule has 2 aromatic rings. The van der Waals surface area contributed by atoms with E-state index < -0.39 is 0 Å². The Bertz CT molecular complexity index is 666. The molecule has 4 rings (SSSR count). The molecule has 0 amide bonds. The van der Waals surface area contributed by atoms with Crippen molar-refractivity contribution in [3.05, 3.63) is 39.5 Å². The zero-order valence-electron chi connectivity index (χ0n) is 10.8. The largest absolute Gasteiger partial charge is 0.376 e. The van der Waals surface area contributed by atoms with Crippen molar-refractivity contribution >= 4 is 22.5 Å². The first-order valence-electron chi connectivity index (χ1n) is 7.04. The molecule has 3 heteroatoms. The van der Waals surface area contributed by atoms with Gasteiger partial charge >= 0.3 is 0 Å². The SMILES string of the molecule is Clc1c2c(nc3c4c(ccc13)CCCC4)CCOC2. The molecule has 0 radical (unpaired) electrons. The van der Waals surface area contributed by atoms with Gasteiger partial charge in [-0.2, -0.15) is 0 Å². The third kappa shape index (κ3) is 1.78. The van der Waals surface area contributed by atoms with E-state index in [1.807, 2.05) is 0 Å². The summed E-state index contributed by atoms with van der Waals surface area (Å²) in [5, 5.41) is 1.96. The second-order valence-electron chi connectivity index (χ2n) is 5.46. The maximum Gasteiger partial charge on any atom is 0.0755 e. The van der Waals surface area contributed by atoms with Gasteiger partial charge in [-0.1, -0.05) is 23.7 Å². The van der Waals surface area contributed by atoms with Gasteiger partial charge in [0.2, 0.25) is 0 Å². The molecule has 1 aromatic carbocycles. The minimum absolute atomic E-state index is 0.605. The molecule has 19 heavy (non-hydrogen) atoms. The summed E-state index contributed by atoms with van der Waals surface area (Å²) in [6, 6.07) is 4.38. The van der Waals surface area contributed by atoms with E-state index in [4.69, 9.17) is 21.3 Å². The molecule has 1 aromatic heterocycles. The van der Waals surface area contributed by atoms with Crippen LogP contribution in [0.3, 0.4) is 0 Å². The third-order valence-electron chi connectivity index (χ3n) is 4.33. The van der Waals surface area contributed by atoms with Crippen LogP contribution in [0.4, 0.5) is 0 Å². The fraction of sp³-hybridized carbons (Fsp3) is 0.438. The number of pyridine rings is 1. The Morgan fingerprint density at radius 3 is 2.89 bits per heavy atom. The summed E-state index contributed by atoms with van der Waals surface area (Å²) in [7, 11) is 0. The predicted octanol–water partition coefficient (Wildman–Crippen LogP) is 3.84. The first-order valence-corrected chi connectivity index (χ1v) is 7.42. The maximum absolute atomic E-state index is 6.58. The van der Waals surface area contributed by atoms with Gasteiger partial charge in [0, 0.05) is 17.4 Å². The van der Waals surface area contributed by atoms with E-state index in [1.54, 1.807) is 0 Å². The minimum atomic E-state index is 0.605. The second-order valence-corrected chi connectivity index (χ2v) is 5.84. The van der Waals surface area contributed by atoms with Crippen LogP contribution in [0.1, 0.15) is 35.2 Å². The van der Waals surface area contributed by atoms with Crippen molar-refractivity contribution < 1.29 is 4.74 Å². The van der Waals surface area contributed by atoms with Crippen molar-refractivity contribution in [2.45, 2.75) is 38.7 Å². The Kier molecular flexibility index (Phi) is 2.75. The second kappa shape index (κ2) is 4.46. The van der Waals surface area contributed by atoms with Gasteiger partial charge in [-0.05, 0) is 36.8 Å². The topological polar surface area (TPSA) is 22.1 Å². The smallest absolute Gasteiger partial charge is 0.0755 e. The number of benzene rings is 1. The van der Waals surface area contributed by atoms with Crippen molar-refractivity contribution in [2.75, 3.05) is 6.61 Å². The van der Waals surface area contributed by atoms with E-state index in [1.165, 1.54) is 30.4 Å². The Labute approximate surface area is 117 Å². The van der Waals surface area contributed by atoms with Crippen molar-refractivity contribution in [3.63, 3.8) is 0 Å². The van der Waals surface area contributed by atoms with Crippen LogP contribution in [0.25, 0.3) is 10.9 Å². The number of ether oxygens (including phenoxy) is 1. The molecule has 1 aliphatic carbocycles. The van der Waals surface area contributed by atoms with Crippen LogP contribution in [0.15, 0.2) is 12.1 Å². The van der Waals surface area contributed by atoms with Crippen LogP contribution < -0.4 is 0 Å². The molecule has 0 N–H and O–H groups in total. The lowest BCUT2D eigenvalue weighted by molar-refractivity contribution is 0.109. The lowest BCUT2D eigenvalue weighted by atomic mass is 9.89. The zero-order valence-corrected chi connectivity index (χ0v) is 11.6. The Morgan fingerprint density at radius 1 is 1.05 bits per heavy atom. The van der Waals surface area contributed by atoms with E-state index in [9.17, 15) is 0 Å². The first-order chi connectivity index (χ1) is 9.34. The summed E-state index contributed by atoms with van der Waals surface area (Å²) in [5.41, 5.74) is 6.27. The molecule has 0 fully saturated rings. The van der Waals surface area contributed by atoms with Crippen LogP contribution in [0, 0.1) is 0 Å². The quantitative estimate of drug-likeness (QED) is 0.728. The number of halogens is 1. The monoisotopic (exact) mass is 273 g/mol. The summed E-state index contributed by atoms with van der Waals surface area (Å²) in [5.74, 6) is 0. The average Bonchev–Trinajstić information content (AvgIpc) is 2.47. The highest BCUT2D eigenvalue weighted by Crippen LogP contribution is 2.35. The zero-order chi connectivity index (χ0) is 12.8. The molecular weight excluding hydrogens is 258 g/mol. The number of hydrogen-bond acceptors (Lipinski definition) is 2. The Hall–Kier alpha value is -1.12. The van der Waals surface area contributed by atoms with E-state index in [2.05, 4.69) is 12.1 Å². The molecule has 0 bridgehead atoms. The van der Waals surface area contributed by atoms with Gasteiger partial charge in [-0.25, -0.2) is 0 Å². The molecule has 2 nitrogen and oxygen atoms in total. The standard InChI is InChI=1S/C16H16ClNO/c17-15-12-6-5-10-3-1-2-4-11(10)16(12)18-14-7-8-19-9-13(14)15/h5-6H,1-4,7-9H2. The highest BCUT2D eigenvalue weighted by atomic mass is 35.5. The van der Waals surface area contributed by atoms with Gasteiger partial charge in [-0.3, -0.25) is 4.98 Å². The summed E-state index contributed by atoms with van der Waals surface area (Å²) in [4.78, 5) is 4.93. The predicted molar refractivity (Wildman–Crippen MR) is 76.8 cm³/mol. The van der Waals surface area contributed by atoms with Crippen molar-refractivity contribution in [1.82, 2.24) is 4.98 Å². The van der Waals surface area contributed by atoms with Crippen LogP contribution in [0.2, 0.25) is 5.02 Å². The van der Waals surface area contributed by atoms with Crippen molar-refractivity contribution in [3.8, 4) is 0 Å².